The largest absolute Gasteiger partial charge is 0.395 e. The zero-order chi connectivity index (χ0) is 34.8. The zero-order valence-corrected chi connectivity index (χ0v) is 27.7. The molecule has 2 aromatic heterocycles. The van der Waals surface area contributed by atoms with E-state index in [1.807, 2.05) is 47.4 Å². The number of nitrogens with one attached hydrogen (secondary N) is 1. The van der Waals surface area contributed by atoms with Gasteiger partial charge >= 0.3 is 0 Å². The molecular formula is C38H41F3N6O3. The van der Waals surface area contributed by atoms with Crippen LogP contribution < -0.4 is 11.1 Å². The van der Waals surface area contributed by atoms with Crippen LogP contribution in [0.25, 0.3) is 22.3 Å². The number of aliphatic hydroxyl groups is 1. The molecule has 0 radical (unpaired) electrons. The Kier molecular flexibility index (Phi) is 9.87. The van der Waals surface area contributed by atoms with Crippen molar-refractivity contribution in [3.05, 3.63) is 101 Å². The maximum atomic E-state index is 15.4. The van der Waals surface area contributed by atoms with E-state index < -0.39 is 17.9 Å². The van der Waals surface area contributed by atoms with E-state index in [2.05, 4.69) is 20.2 Å². The Balaban J connectivity index is 0.962. The van der Waals surface area contributed by atoms with Crippen molar-refractivity contribution in [1.29, 1.82) is 0 Å². The number of β-amino-alcohol motifs (C(OH)–C–C–N with tert-alkyl or cyclic N) is 1. The Labute approximate surface area is 289 Å². The maximum Gasteiger partial charge on any atom is 0.271 e. The first-order chi connectivity index (χ1) is 24.2. The van der Waals surface area contributed by atoms with Crippen molar-refractivity contribution in [2.45, 2.75) is 56.4 Å². The lowest BCUT2D eigenvalue weighted by molar-refractivity contribution is -0.0821. The average molecular weight is 687 g/mol. The van der Waals surface area contributed by atoms with Gasteiger partial charge in [-0.1, -0.05) is 42.5 Å². The number of carbonyl (C=O) groups is 1. The second-order valence-corrected chi connectivity index (χ2v) is 13.4. The van der Waals surface area contributed by atoms with Crippen LogP contribution in [0.3, 0.4) is 0 Å². The van der Waals surface area contributed by atoms with Gasteiger partial charge in [0.1, 0.15) is 5.82 Å². The number of aliphatic hydroxyl groups excluding tert-OH is 1. The number of aromatic nitrogens is 2. The van der Waals surface area contributed by atoms with Crippen molar-refractivity contribution >= 4 is 11.7 Å². The topological polar surface area (TPSA) is 117 Å². The summed E-state index contributed by atoms with van der Waals surface area (Å²) in [6.45, 7) is 3.45. The van der Waals surface area contributed by atoms with Crippen LogP contribution in [-0.2, 0) is 17.8 Å². The van der Waals surface area contributed by atoms with Crippen molar-refractivity contribution in [1.82, 2.24) is 25.1 Å². The molecule has 50 heavy (non-hydrogen) atoms. The number of hydrogen-bond donors (Lipinski definition) is 3. The Morgan fingerprint density at radius 2 is 1.68 bits per heavy atom. The molecule has 2 aromatic carbocycles. The van der Waals surface area contributed by atoms with Crippen LogP contribution in [0, 0.1) is 5.95 Å². The number of alkyl halides is 2. The zero-order valence-electron chi connectivity index (χ0n) is 27.7. The summed E-state index contributed by atoms with van der Waals surface area (Å²) in [6, 6.07) is 16.9. The number of nitrogen functional groups attached to an aromatic ring is 1. The normalized spacial score (nSPS) is 22.0. The molecule has 4 N–H and O–H groups in total. The third kappa shape index (κ3) is 7.25. The number of rotatable bonds is 10. The lowest BCUT2D eigenvalue weighted by Crippen LogP contribution is -2.51. The molecule has 4 aromatic rings. The first kappa shape index (κ1) is 34.1. The smallest absolute Gasteiger partial charge is 0.271 e. The Hall–Kier alpha value is -4.36. The second kappa shape index (κ2) is 14.5. The van der Waals surface area contributed by atoms with Crippen molar-refractivity contribution in [2.24, 2.45) is 0 Å². The van der Waals surface area contributed by atoms with Crippen LogP contribution >= 0.6 is 0 Å². The Morgan fingerprint density at radius 3 is 2.42 bits per heavy atom. The fourth-order valence-electron chi connectivity index (χ4n) is 7.53. The second-order valence-electron chi connectivity index (χ2n) is 13.4. The van der Waals surface area contributed by atoms with E-state index in [1.165, 1.54) is 18.5 Å². The first-order valence-electron chi connectivity index (χ1n) is 17.2. The van der Waals surface area contributed by atoms with Crippen molar-refractivity contribution < 1.29 is 27.8 Å². The molecular weight excluding hydrogens is 645 g/mol. The van der Waals surface area contributed by atoms with Gasteiger partial charge in [0.15, 0.2) is 0 Å². The van der Waals surface area contributed by atoms with Gasteiger partial charge in [0.2, 0.25) is 5.95 Å². The van der Waals surface area contributed by atoms with Gasteiger partial charge in [-0.05, 0) is 65.3 Å². The van der Waals surface area contributed by atoms with Crippen molar-refractivity contribution in [3.63, 3.8) is 0 Å². The molecule has 1 saturated carbocycles. The van der Waals surface area contributed by atoms with Gasteiger partial charge in [0, 0.05) is 62.7 Å². The quantitative estimate of drug-likeness (QED) is 0.194. The van der Waals surface area contributed by atoms with Crippen molar-refractivity contribution in [3.8, 4) is 22.3 Å². The molecule has 0 spiro atoms. The van der Waals surface area contributed by atoms with E-state index in [4.69, 9.17) is 10.5 Å². The summed E-state index contributed by atoms with van der Waals surface area (Å²) in [4.78, 5) is 25.1. The number of halogens is 3. The highest BCUT2D eigenvalue weighted by Crippen LogP contribution is 2.48. The number of anilines is 1. The van der Waals surface area contributed by atoms with Crippen LogP contribution in [-0.4, -0.2) is 88.2 Å². The van der Waals surface area contributed by atoms with E-state index in [0.29, 0.717) is 61.6 Å². The SMILES string of the molecule is Nc1ncc(-c2ccc(F)nc2)cc1C(=O)N[C@H]1CCC[C@@H]1OCc1ccc(-c2ccc3c(c2)CC(F)(F)C3N2CCN(CCO)CC2)cc1. The molecule has 3 aliphatic rings. The molecule has 3 heterocycles. The molecule has 1 unspecified atom stereocenters. The summed E-state index contributed by atoms with van der Waals surface area (Å²) >= 11 is 0. The highest BCUT2D eigenvalue weighted by Gasteiger charge is 2.50. The molecule has 12 heteroatoms. The minimum Gasteiger partial charge on any atom is -0.395 e. The maximum absolute atomic E-state index is 15.4. The van der Waals surface area contributed by atoms with Crippen LogP contribution in [0.2, 0.25) is 0 Å². The van der Waals surface area contributed by atoms with Crippen molar-refractivity contribution in [2.75, 3.05) is 45.1 Å². The number of hydrogen-bond acceptors (Lipinski definition) is 8. The summed E-state index contributed by atoms with van der Waals surface area (Å²) in [6.07, 6.45) is 4.92. The van der Waals surface area contributed by atoms with Gasteiger partial charge in [-0.25, -0.2) is 18.7 Å². The van der Waals surface area contributed by atoms with Gasteiger partial charge in [0.05, 0.1) is 37.0 Å². The number of pyridine rings is 2. The standard InChI is InChI=1S/C38H41F3N6O3/c39-34-11-9-27(21-43-34)29-19-31(36(42)44-22-29)37(49)45-32-2-1-3-33(32)50-23-24-4-6-25(7-5-24)26-8-10-30-28(18-26)20-38(40,41)35(30)47-14-12-46(13-15-47)16-17-48/h4-11,18-19,21-22,32-33,35,48H,1-3,12-17,20,23H2,(H2,42,44)(H,45,49)/t32-,33-,35?/m0/s1. The lowest BCUT2D eigenvalue weighted by Gasteiger charge is -2.39. The minimum atomic E-state index is -2.84. The molecule has 9 nitrogen and oxygen atoms in total. The van der Waals surface area contributed by atoms with E-state index in [9.17, 15) is 14.3 Å². The molecule has 1 amide bonds. The third-order valence-electron chi connectivity index (χ3n) is 10.2. The molecule has 3 atom stereocenters. The number of nitrogens with two attached hydrogens (primary N) is 1. The average Bonchev–Trinajstić information content (AvgIpc) is 3.67. The van der Waals surface area contributed by atoms with Crippen LogP contribution in [0.4, 0.5) is 19.0 Å². The number of ether oxygens (including phenoxy) is 1. The number of piperazine rings is 1. The molecule has 2 fully saturated rings. The number of nitrogens with zero attached hydrogens (tertiary/aromatic N) is 4. The summed E-state index contributed by atoms with van der Waals surface area (Å²) in [7, 11) is 0. The fraction of sp³-hybridized carbons (Fsp3) is 0.395. The highest BCUT2D eigenvalue weighted by molar-refractivity contribution is 5.99. The minimum absolute atomic E-state index is 0.0750. The van der Waals surface area contributed by atoms with Gasteiger partial charge in [-0.3, -0.25) is 14.6 Å². The van der Waals surface area contributed by atoms with Gasteiger partial charge < -0.3 is 20.9 Å². The molecule has 0 bridgehead atoms. The summed E-state index contributed by atoms with van der Waals surface area (Å²) in [5.74, 6) is -3.69. The van der Waals surface area contributed by atoms with Crippen LogP contribution in [0.15, 0.2) is 73.1 Å². The monoisotopic (exact) mass is 686 g/mol. The predicted molar refractivity (Wildman–Crippen MR) is 184 cm³/mol. The first-order valence-corrected chi connectivity index (χ1v) is 17.2. The van der Waals surface area contributed by atoms with E-state index in [-0.39, 0.29) is 42.5 Å². The summed E-state index contributed by atoms with van der Waals surface area (Å²) in [5, 5.41) is 12.3. The molecule has 1 aliphatic heterocycles. The highest BCUT2D eigenvalue weighted by atomic mass is 19.3. The van der Waals surface area contributed by atoms with Crippen LogP contribution in [0.1, 0.15) is 52.4 Å². The Morgan fingerprint density at radius 1 is 0.940 bits per heavy atom. The molecule has 262 valence electrons. The van der Waals surface area contributed by atoms with Gasteiger partial charge in [0.25, 0.3) is 11.8 Å². The number of carbonyl (C=O) groups excluding carboxylic acids is 1. The lowest BCUT2D eigenvalue weighted by atomic mass is 9.98. The van der Waals surface area contributed by atoms with E-state index in [1.54, 1.807) is 12.1 Å². The molecule has 2 aliphatic carbocycles. The van der Waals surface area contributed by atoms with Gasteiger partial charge in [-0.15, -0.1) is 0 Å². The molecule has 7 rings (SSSR count). The van der Waals surface area contributed by atoms with Gasteiger partial charge in [-0.2, -0.15) is 4.39 Å². The number of amides is 1. The molecule has 1 saturated heterocycles. The predicted octanol–water partition coefficient (Wildman–Crippen LogP) is 5.24. The van der Waals surface area contributed by atoms with E-state index in [0.717, 1.165) is 36.0 Å². The summed E-state index contributed by atoms with van der Waals surface area (Å²) < 4.78 is 50.3. The third-order valence-corrected chi connectivity index (χ3v) is 10.2. The number of benzene rings is 2. The van der Waals surface area contributed by atoms with Crippen LogP contribution in [0.5, 0.6) is 0 Å². The number of fused-ring (bicyclic) bond motifs is 1. The Bertz CT molecular complexity index is 1820. The fourth-order valence-corrected chi connectivity index (χ4v) is 7.53. The van der Waals surface area contributed by atoms with E-state index >= 15 is 8.78 Å². The summed E-state index contributed by atoms with van der Waals surface area (Å²) in [5.41, 5.74) is 11.7.